The molecule has 1 aliphatic heterocycles. The van der Waals surface area contributed by atoms with Gasteiger partial charge in [-0.3, -0.25) is 0 Å². The van der Waals surface area contributed by atoms with Crippen LogP contribution >= 0.6 is 11.6 Å². The van der Waals surface area contributed by atoms with E-state index in [1.807, 2.05) is 30.3 Å². The Hall–Kier alpha value is -2.66. The van der Waals surface area contributed by atoms with Crippen molar-refractivity contribution in [3.05, 3.63) is 59.6 Å². The fourth-order valence-electron chi connectivity index (χ4n) is 3.83. The van der Waals surface area contributed by atoms with Gasteiger partial charge in [-0.2, -0.15) is 0 Å². The second-order valence-electron chi connectivity index (χ2n) is 6.78. The SMILES string of the molecule is Clc1ccc2c(N3CCC[C@H](c4nc5ccccc5[nH]4)C3)ncnc2c1. The summed E-state index contributed by atoms with van der Waals surface area (Å²) in [6.07, 6.45) is 3.87. The number of piperidine rings is 1. The minimum absolute atomic E-state index is 0.369. The van der Waals surface area contributed by atoms with E-state index in [0.717, 1.165) is 59.5 Å². The minimum Gasteiger partial charge on any atom is -0.355 e. The molecule has 5 rings (SSSR count). The highest BCUT2D eigenvalue weighted by atomic mass is 35.5. The molecule has 1 aliphatic rings. The Morgan fingerprint density at radius 1 is 1.08 bits per heavy atom. The van der Waals surface area contributed by atoms with Crippen LogP contribution in [0.15, 0.2) is 48.8 Å². The number of nitrogens with zero attached hydrogens (tertiary/aromatic N) is 4. The molecule has 1 saturated heterocycles. The monoisotopic (exact) mass is 363 g/mol. The lowest BCUT2D eigenvalue weighted by Gasteiger charge is -2.33. The number of benzene rings is 2. The standard InChI is InChI=1S/C20H18ClN5/c21-14-7-8-15-18(10-14)22-12-23-20(15)26-9-3-4-13(11-26)19-24-16-5-1-2-6-17(16)25-19/h1-2,5-8,10,12-13H,3-4,9,11H2,(H,24,25)/t13-/m0/s1. The van der Waals surface area contributed by atoms with Gasteiger partial charge in [0.05, 0.1) is 16.6 Å². The first kappa shape index (κ1) is 15.6. The van der Waals surface area contributed by atoms with Crippen LogP contribution in [0.25, 0.3) is 21.9 Å². The van der Waals surface area contributed by atoms with Crippen LogP contribution in [0.1, 0.15) is 24.6 Å². The molecule has 4 aromatic rings. The summed E-state index contributed by atoms with van der Waals surface area (Å²) in [4.78, 5) is 19.6. The Bertz CT molecular complexity index is 1060. The van der Waals surface area contributed by atoms with Crippen LogP contribution in [0.3, 0.4) is 0 Å². The number of aromatic nitrogens is 4. The zero-order chi connectivity index (χ0) is 17.5. The first-order valence-corrected chi connectivity index (χ1v) is 9.25. The molecule has 0 unspecified atom stereocenters. The Morgan fingerprint density at radius 2 is 2.00 bits per heavy atom. The van der Waals surface area contributed by atoms with E-state index in [0.29, 0.717) is 10.9 Å². The Balaban J connectivity index is 1.49. The van der Waals surface area contributed by atoms with Gasteiger partial charge in [0, 0.05) is 29.4 Å². The molecule has 0 spiro atoms. The predicted molar refractivity (Wildman–Crippen MR) is 105 cm³/mol. The highest BCUT2D eigenvalue weighted by Gasteiger charge is 2.25. The Kier molecular flexibility index (Phi) is 3.75. The lowest BCUT2D eigenvalue weighted by molar-refractivity contribution is 0.493. The molecule has 2 aromatic carbocycles. The van der Waals surface area contributed by atoms with Crippen LogP contribution in [0.2, 0.25) is 5.02 Å². The number of imidazole rings is 1. The number of fused-ring (bicyclic) bond motifs is 2. The number of hydrogen-bond acceptors (Lipinski definition) is 4. The number of rotatable bonds is 2. The van der Waals surface area contributed by atoms with E-state index in [-0.39, 0.29) is 0 Å². The number of nitrogens with one attached hydrogen (secondary N) is 1. The van der Waals surface area contributed by atoms with Gasteiger partial charge in [-0.25, -0.2) is 15.0 Å². The third-order valence-corrected chi connectivity index (χ3v) is 5.33. The molecule has 130 valence electrons. The molecule has 1 N–H and O–H groups in total. The van der Waals surface area contributed by atoms with Gasteiger partial charge in [-0.15, -0.1) is 0 Å². The topological polar surface area (TPSA) is 57.7 Å². The molecule has 0 aliphatic carbocycles. The van der Waals surface area contributed by atoms with E-state index >= 15 is 0 Å². The number of anilines is 1. The number of hydrogen-bond donors (Lipinski definition) is 1. The van der Waals surface area contributed by atoms with Crippen LogP contribution in [0.5, 0.6) is 0 Å². The molecule has 1 fully saturated rings. The highest BCUT2D eigenvalue weighted by molar-refractivity contribution is 6.31. The van der Waals surface area contributed by atoms with Crippen molar-refractivity contribution >= 4 is 39.4 Å². The van der Waals surface area contributed by atoms with Gasteiger partial charge in [-0.05, 0) is 43.2 Å². The van der Waals surface area contributed by atoms with Crippen LogP contribution in [-0.2, 0) is 0 Å². The maximum absolute atomic E-state index is 6.11. The summed E-state index contributed by atoms with van der Waals surface area (Å²) in [7, 11) is 0. The minimum atomic E-state index is 0.369. The molecule has 2 aromatic heterocycles. The van der Waals surface area contributed by atoms with Crippen molar-refractivity contribution < 1.29 is 0 Å². The first-order chi connectivity index (χ1) is 12.8. The van der Waals surface area contributed by atoms with Crippen molar-refractivity contribution in [2.24, 2.45) is 0 Å². The third kappa shape index (κ3) is 2.69. The lowest BCUT2D eigenvalue weighted by atomic mass is 9.97. The molecular weight excluding hydrogens is 346 g/mol. The van der Waals surface area contributed by atoms with Crippen LogP contribution in [-0.4, -0.2) is 33.0 Å². The summed E-state index contributed by atoms with van der Waals surface area (Å²) in [5.41, 5.74) is 3.01. The van der Waals surface area contributed by atoms with Crippen molar-refractivity contribution in [2.45, 2.75) is 18.8 Å². The summed E-state index contributed by atoms with van der Waals surface area (Å²) in [6, 6.07) is 14.0. The molecule has 0 saturated carbocycles. The normalized spacial score (nSPS) is 17.9. The second kappa shape index (κ2) is 6.25. The number of aromatic amines is 1. The van der Waals surface area contributed by atoms with E-state index < -0.39 is 0 Å². The molecular formula is C20H18ClN5. The van der Waals surface area contributed by atoms with Gasteiger partial charge in [0.1, 0.15) is 18.0 Å². The summed E-state index contributed by atoms with van der Waals surface area (Å²) < 4.78 is 0. The quantitative estimate of drug-likeness (QED) is 0.568. The Morgan fingerprint density at radius 3 is 2.92 bits per heavy atom. The van der Waals surface area contributed by atoms with E-state index in [1.54, 1.807) is 6.33 Å². The molecule has 6 heteroatoms. The smallest absolute Gasteiger partial charge is 0.139 e. The van der Waals surface area contributed by atoms with Gasteiger partial charge in [-0.1, -0.05) is 23.7 Å². The van der Waals surface area contributed by atoms with E-state index in [2.05, 4.69) is 32.0 Å². The third-order valence-electron chi connectivity index (χ3n) is 5.09. The van der Waals surface area contributed by atoms with E-state index in [1.165, 1.54) is 0 Å². The number of halogens is 1. The predicted octanol–water partition coefficient (Wildman–Crippen LogP) is 4.54. The van der Waals surface area contributed by atoms with Gasteiger partial charge < -0.3 is 9.88 Å². The fourth-order valence-corrected chi connectivity index (χ4v) is 3.99. The zero-order valence-corrected chi connectivity index (χ0v) is 14.9. The molecule has 0 amide bonds. The van der Waals surface area contributed by atoms with Crippen molar-refractivity contribution in [3.63, 3.8) is 0 Å². The fraction of sp³-hybridized carbons (Fsp3) is 0.250. The van der Waals surface area contributed by atoms with E-state index in [9.17, 15) is 0 Å². The highest BCUT2D eigenvalue weighted by Crippen LogP contribution is 2.32. The summed E-state index contributed by atoms with van der Waals surface area (Å²) in [5, 5.41) is 1.74. The number of H-pyrrole nitrogens is 1. The van der Waals surface area contributed by atoms with E-state index in [4.69, 9.17) is 16.6 Å². The number of para-hydroxylation sites is 2. The van der Waals surface area contributed by atoms with Crippen molar-refractivity contribution in [1.82, 2.24) is 19.9 Å². The lowest BCUT2D eigenvalue weighted by Crippen LogP contribution is -2.35. The summed E-state index contributed by atoms with van der Waals surface area (Å²) >= 11 is 6.11. The Labute approximate surface area is 156 Å². The van der Waals surface area contributed by atoms with Crippen molar-refractivity contribution in [2.75, 3.05) is 18.0 Å². The molecule has 0 bridgehead atoms. The largest absolute Gasteiger partial charge is 0.355 e. The van der Waals surface area contributed by atoms with Gasteiger partial charge in [0.2, 0.25) is 0 Å². The molecule has 5 nitrogen and oxygen atoms in total. The average molecular weight is 364 g/mol. The van der Waals surface area contributed by atoms with Gasteiger partial charge in [0.25, 0.3) is 0 Å². The zero-order valence-electron chi connectivity index (χ0n) is 14.2. The second-order valence-corrected chi connectivity index (χ2v) is 7.22. The van der Waals surface area contributed by atoms with Crippen molar-refractivity contribution in [1.29, 1.82) is 0 Å². The average Bonchev–Trinajstić information content (AvgIpc) is 3.12. The molecule has 1 atom stereocenters. The van der Waals surface area contributed by atoms with Crippen LogP contribution in [0, 0.1) is 0 Å². The molecule has 3 heterocycles. The molecule has 26 heavy (non-hydrogen) atoms. The molecule has 0 radical (unpaired) electrons. The van der Waals surface area contributed by atoms with Crippen LogP contribution < -0.4 is 4.90 Å². The van der Waals surface area contributed by atoms with Gasteiger partial charge >= 0.3 is 0 Å². The van der Waals surface area contributed by atoms with Crippen LogP contribution in [0.4, 0.5) is 5.82 Å². The van der Waals surface area contributed by atoms with Crippen molar-refractivity contribution in [3.8, 4) is 0 Å². The van der Waals surface area contributed by atoms with Gasteiger partial charge in [0.15, 0.2) is 0 Å². The maximum atomic E-state index is 6.11. The first-order valence-electron chi connectivity index (χ1n) is 8.88. The maximum Gasteiger partial charge on any atom is 0.139 e. The summed E-state index contributed by atoms with van der Waals surface area (Å²) in [6.45, 7) is 1.89. The summed E-state index contributed by atoms with van der Waals surface area (Å²) in [5.74, 6) is 2.42.